The molecule has 4 N–H and O–H groups in total. The average molecular weight is 1090 g/mol. The van der Waals surface area contributed by atoms with Gasteiger partial charge in [-0.1, -0.05) is 104 Å². The molecule has 21 nitrogen and oxygen atoms in total. The van der Waals surface area contributed by atoms with E-state index in [0.717, 1.165) is 36.2 Å². The second kappa shape index (κ2) is 30.1. The van der Waals surface area contributed by atoms with E-state index >= 15 is 0 Å². The van der Waals surface area contributed by atoms with Crippen LogP contribution in [0.1, 0.15) is 63.2 Å². The van der Waals surface area contributed by atoms with Crippen molar-refractivity contribution in [1.82, 2.24) is 13.6 Å². The van der Waals surface area contributed by atoms with Crippen LogP contribution in [0.2, 0.25) is 0 Å². The Morgan fingerprint density at radius 2 is 1.17 bits per heavy atom. The molecule has 0 spiro atoms. The van der Waals surface area contributed by atoms with Gasteiger partial charge in [0, 0.05) is 85.0 Å². The molecule has 5 aromatic rings. The van der Waals surface area contributed by atoms with Crippen LogP contribution in [0, 0.1) is 48.1 Å². The van der Waals surface area contributed by atoms with Crippen molar-refractivity contribution in [2.24, 2.45) is 23.5 Å². The number of ether oxygens (including phenoxy) is 1. The van der Waals surface area contributed by atoms with Crippen LogP contribution >= 0.6 is 10.7 Å². The molecular weight excluding hydrogens is 1030 g/mol. The molecule has 2 saturated heterocycles. The van der Waals surface area contributed by atoms with Crippen molar-refractivity contribution in [3.63, 3.8) is 0 Å². The Morgan fingerprint density at radius 1 is 0.722 bits per heavy atom. The molecule has 0 bridgehead atoms. The molecule has 3 heterocycles. The summed E-state index contributed by atoms with van der Waals surface area (Å²) in [5.74, 6) is 0.594. The van der Waals surface area contributed by atoms with Gasteiger partial charge in [-0.05, 0) is 66.3 Å². The van der Waals surface area contributed by atoms with E-state index in [2.05, 4.69) is 4.72 Å². The van der Waals surface area contributed by atoms with Gasteiger partial charge in [-0.3, -0.25) is 30.3 Å². The number of para-hydroxylation sites is 4. The molecule has 26 heteroatoms. The van der Waals surface area contributed by atoms with Crippen LogP contribution in [0.25, 0.3) is 10.9 Å². The fourth-order valence-electron chi connectivity index (χ4n) is 6.44. The third kappa shape index (κ3) is 19.4. The number of aromatic nitrogens is 1. The second-order valence-corrected chi connectivity index (χ2v) is 23.0. The Morgan fingerprint density at radius 3 is 1.56 bits per heavy atom. The quantitative estimate of drug-likeness (QED) is 0.0398. The molecule has 2 fully saturated rings. The maximum absolute atomic E-state index is 12.8. The number of aliphatic hydroxyl groups excluding tert-OH is 1. The molecule has 394 valence electrons. The molecule has 7 rings (SSSR count). The summed E-state index contributed by atoms with van der Waals surface area (Å²) in [6, 6.07) is 25.0. The number of nitro benzene ring substituents is 3. The van der Waals surface area contributed by atoms with E-state index < -0.39 is 66.2 Å². The maximum Gasteiger partial charge on any atom is 1.00 e. The first-order valence-electron chi connectivity index (χ1n) is 21.9. The third-order valence-electron chi connectivity index (χ3n) is 10.8. The Kier molecular flexibility index (Phi) is 27.4. The minimum Gasteiger partial charge on any atom is -1.00 e. The summed E-state index contributed by atoms with van der Waals surface area (Å²) in [6.07, 6.45) is 4.47. The number of nitrogens with one attached hydrogen (secondary N) is 1. The number of sulfonamides is 2. The van der Waals surface area contributed by atoms with Gasteiger partial charge in [-0.2, -0.15) is 4.31 Å². The first-order valence-corrected chi connectivity index (χ1v) is 27.2. The molecule has 2 aliphatic heterocycles. The number of benzene rings is 4. The van der Waals surface area contributed by atoms with Crippen molar-refractivity contribution in [3.05, 3.63) is 140 Å². The Labute approximate surface area is 449 Å². The van der Waals surface area contributed by atoms with E-state index in [1.807, 2.05) is 82.6 Å². The number of nitrogens with zero attached hydrogens (tertiary/aromatic N) is 5. The van der Waals surface area contributed by atoms with Crippen LogP contribution < -0.4 is 40.0 Å². The van der Waals surface area contributed by atoms with E-state index in [1.54, 1.807) is 0 Å². The minimum atomic E-state index is -4.05. The number of aliphatic hydroxyl groups is 1. The first-order chi connectivity index (χ1) is 32.8. The van der Waals surface area contributed by atoms with Crippen molar-refractivity contribution in [2.75, 3.05) is 26.4 Å². The topological polar surface area (TPSA) is 307 Å². The number of nitro groups is 3. The standard InChI is InChI=1S/C19H21N3O4S.C11H14N2O4S.C6H4ClNO4S.C5H13NO.C4H8O.CH4.Na.H/c1-14(2)16(13-21-12-11-15-7-3-4-8-17(15)21)20-27(25,26)19-10-6-5-9-18(19)22(23)24;1-8(2)10-7-12(10)18(16,17)11-6-4-3-5-9(11)13(14)15;7-13(11,12)6-4-2-1-3-5(6)8(9)10;1-4(2)5(6)3-7;1-2-4-5-3-1;;;/h3-12,14,16,20H,13H2,1-2H3;3-6,8,10H,7H2,1-2H3;1-4H;4-5,7H,3,6H2,1-2H3;1-4H2;1H4;;/q;;;;;;+1;-1. The summed E-state index contributed by atoms with van der Waals surface area (Å²) < 4.78 is 82.7. The van der Waals surface area contributed by atoms with Gasteiger partial charge < -0.3 is 21.6 Å². The molecular formula is C46H65ClN7NaO14S3. The fourth-order valence-corrected chi connectivity index (χ4v) is 10.9. The zero-order valence-electron chi connectivity index (χ0n) is 41.5. The molecule has 0 amide bonds. The van der Waals surface area contributed by atoms with Gasteiger partial charge in [0.05, 0.1) is 21.4 Å². The van der Waals surface area contributed by atoms with E-state index in [1.165, 1.54) is 77.8 Å². The summed E-state index contributed by atoms with van der Waals surface area (Å²) in [4.78, 5) is 29.2. The van der Waals surface area contributed by atoms with Gasteiger partial charge in [-0.15, -0.1) is 0 Å². The van der Waals surface area contributed by atoms with Gasteiger partial charge in [0.15, 0.2) is 14.7 Å². The molecule has 0 aliphatic carbocycles. The Balaban J connectivity index is 0.000000977. The average Bonchev–Trinajstić information content (AvgIpc) is 3.70. The predicted octanol–water partition coefficient (Wildman–Crippen LogP) is 5.21. The van der Waals surface area contributed by atoms with E-state index in [-0.39, 0.29) is 84.4 Å². The van der Waals surface area contributed by atoms with Gasteiger partial charge in [0.2, 0.25) is 20.0 Å². The number of halogens is 1. The van der Waals surface area contributed by atoms with Crippen molar-refractivity contribution >= 4 is 67.7 Å². The SMILES string of the molecule is C.C1CCOC1.CC(C)C(Cn1ccc2ccccc21)NS(=O)(=O)c1ccccc1[N+](=O)[O-].CC(C)C(N)CO.CC(C)C1CN1S(=O)(=O)c1ccccc1[N+](=O)[O-].O=[N+]([O-])c1ccccc1S(=O)(=O)Cl.[H-].[Na+]. The summed E-state index contributed by atoms with van der Waals surface area (Å²) in [6.45, 7) is 14.6. The van der Waals surface area contributed by atoms with Gasteiger partial charge >= 0.3 is 29.6 Å². The molecule has 72 heavy (non-hydrogen) atoms. The third-order valence-corrected chi connectivity index (χ3v) is 15.6. The smallest absolute Gasteiger partial charge is 1.00 e. The number of fused-ring (bicyclic) bond motifs is 1. The molecule has 4 unspecified atom stereocenters. The van der Waals surface area contributed by atoms with Crippen LogP contribution in [-0.2, 0) is 40.4 Å². The van der Waals surface area contributed by atoms with Gasteiger partial charge in [0.1, 0.15) is 0 Å². The molecule has 4 atom stereocenters. The van der Waals surface area contributed by atoms with Crippen LogP contribution in [0.15, 0.2) is 124 Å². The summed E-state index contributed by atoms with van der Waals surface area (Å²) in [7, 11) is -6.86. The molecule has 4 aromatic carbocycles. The molecule has 1 aromatic heterocycles. The van der Waals surface area contributed by atoms with Crippen LogP contribution in [0.5, 0.6) is 0 Å². The number of hydrogen-bond acceptors (Lipinski definition) is 15. The van der Waals surface area contributed by atoms with E-state index in [4.69, 9.17) is 26.3 Å². The van der Waals surface area contributed by atoms with Crippen molar-refractivity contribution in [1.29, 1.82) is 0 Å². The van der Waals surface area contributed by atoms with Crippen molar-refractivity contribution in [3.8, 4) is 0 Å². The summed E-state index contributed by atoms with van der Waals surface area (Å²) in [5.41, 5.74) is 5.06. The van der Waals surface area contributed by atoms with Crippen LogP contribution in [-0.4, -0.2) is 98.5 Å². The largest absolute Gasteiger partial charge is 1.00 e. The van der Waals surface area contributed by atoms with E-state index in [9.17, 15) is 55.6 Å². The number of rotatable bonds is 15. The zero-order valence-corrected chi connectivity index (χ0v) is 45.7. The van der Waals surface area contributed by atoms with Gasteiger partial charge in [-0.25, -0.2) is 30.0 Å². The Bertz CT molecular complexity index is 2890. The van der Waals surface area contributed by atoms with Crippen molar-refractivity contribution < 1.29 is 80.9 Å². The predicted molar refractivity (Wildman–Crippen MR) is 274 cm³/mol. The summed E-state index contributed by atoms with van der Waals surface area (Å²) in [5, 5.41) is 41.9. The number of nitrogens with two attached hydrogens (primary N) is 1. The second-order valence-electron chi connectivity index (χ2n) is 16.9. The van der Waals surface area contributed by atoms with Crippen LogP contribution in [0.3, 0.4) is 0 Å². The molecule has 0 radical (unpaired) electrons. The first kappa shape index (κ1) is 65.6. The zero-order chi connectivity index (χ0) is 52.6. The monoisotopic (exact) mass is 1090 g/mol. The van der Waals surface area contributed by atoms with Crippen molar-refractivity contribution in [2.45, 2.75) is 101 Å². The summed E-state index contributed by atoms with van der Waals surface area (Å²) >= 11 is 0. The maximum atomic E-state index is 12.8. The molecule has 2 aliphatic rings. The minimum absolute atomic E-state index is 0. The Hall–Kier alpha value is -4.44. The fraction of sp³-hybridized carbons (Fsp3) is 0.435. The van der Waals surface area contributed by atoms with Crippen LogP contribution in [0.4, 0.5) is 17.1 Å². The molecule has 0 saturated carbocycles. The normalized spacial score (nSPS) is 15.8. The van der Waals surface area contributed by atoms with E-state index in [0.29, 0.717) is 19.0 Å². The number of hydrogen-bond donors (Lipinski definition) is 3. The van der Waals surface area contributed by atoms with Gasteiger partial charge in [0.25, 0.3) is 26.1 Å².